The molecule has 0 radical (unpaired) electrons. The minimum atomic E-state index is -0.564. The molecule has 0 saturated heterocycles. The monoisotopic (exact) mass is 280 g/mol. The Bertz CT molecular complexity index is 600. The minimum absolute atomic E-state index is 0.00511. The number of hydrogen-bond acceptors (Lipinski definition) is 3. The summed E-state index contributed by atoms with van der Waals surface area (Å²) in [5.41, 5.74) is 0.884. The molecule has 0 amide bonds. The van der Waals surface area contributed by atoms with Crippen LogP contribution in [0.2, 0.25) is 0 Å². The Morgan fingerprint density at radius 1 is 1.10 bits per heavy atom. The average Bonchev–Trinajstić information content (AvgIpc) is 2.46. The Morgan fingerprint density at radius 3 is 2.55 bits per heavy atom. The number of halogens is 2. The quantitative estimate of drug-likeness (QED) is 0.915. The third-order valence-corrected chi connectivity index (χ3v) is 2.82. The number of para-hydroxylation sites is 1. The van der Waals surface area contributed by atoms with Crippen LogP contribution in [0.4, 0.5) is 8.78 Å². The highest BCUT2D eigenvalue weighted by Gasteiger charge is 2.10. The molecule has 1 N–H and O–H groups in total. The summed E-state index contributed by atoms with van der Waals surface area (Å²) in [6.07, 6.45) is 0. The molecule has 0 saturated carbocycles. The molecule has 2 aromatic rings. The maximum atomic E-state index is 13.6. The fraction of sp³-hybridized carbons (Fsp3) is 0.200. The van der Waals surface area contributed by atoms with Crippen LogP contribution in [0, 0.1) is 11.6 Å². The summed E-state index contributed by atoms with van der Waals surface area (Å²) in [7, 11) is 1.38. The highest BCUT2D eigenvalue weighted by atomic mass is 19.1. The molecule has 2 rings (SSSR count). The number of aliphatic hydroxyl groups excluding tert-OH is 1. The number of rotatable bonds is 5. The fourth-order valence-electron chi connectivity index (χ4n) is 1.79. The topological polar surface area (TPSA) is 38.7 Å². The first-order chi connectivity index (χ1) is 9.65. The van der Waals surface area contributed by atoms with Crippen molar-refractivity contribution in [2.24, 2.45) is 0 Å². The lowest BCUT2D eigenvalue weighted by Crippen LogP contribution is -2.02. The molecule has 20 heavy (non-hydrogen) atoms. The van der Waals surface area contributed by atoms with Crippen molar-refractivity contribution in [1.29, 1.82) is 0 Å². The second kappa shape index (κ2) is 6.34. The molecular weight excluding hydrogens is 266 g/mol. The molecule has 0 bridgehead atoms. The van der Waals surface area contributed by atoms with E-state index in [0.29, 0.717) is 11.1 Å². The van der Waals surface area contributed by atoms with E-state index >= 15 is 0 Å². The Balaban J connectivity index is 2.15. The lowest BCUT2D eigenvalue weighted by molar-refractivity contribution is 0.251. The summed E-state index contributed by atoms with van der Waals surface area (Å²) < 4.78 is 37.3. The van der Waals surface area contributed by atoms with E-state index in [1.165, 1.54) is 31.4 Å². The molecule has 106 valence electrons. The van der Waals surface area contributed by atoms with Crippen molar-refractivity contribution in [2.75, 3.05) is 7.11 Å². The van der Waals surface area contributed by atoms with Gasteiger partial charge in [0.2, 0.25) is 0 Å². The first-order valence-electron chi connectivity index (χ1n) is 5.99. The zero-order valence-electron chi connectivity index (χ0n) is 10.9. The molecule has 0 heterocycles. The van der Waals surface area contributed by atoms with E-state index in [4.69, 9.17) is 14.6 Å². The summed E-state index contributed by atoms with van der Waals surface area (Å²) in [6.45, 7) is -0.334. The van der Waals surface area contributed by atoms with Crippen molar-refractivity contribution < 1.29 is 23.4 Å². The molecule has 2 aromatic carbocycles. The van der Waals surface area contributed by atoms with Gasteiger partial charge in [-0.05, 0) is 23.8 Å². The lowest BCUT2D eigenvalue weighted by atomic mass is 10.2. The van der Waals surface area contributed by atoms with Crippen LogP contribution in [0.5, 0.6) is 11.5 Å². The third kappa shape index (κ3) is 3.05. The second-order valence-corrected chi connectivity index (χ2v) is 4.14. The number of ether oxygens (including phenoxy) is 2. The maximum Gasteiger partial charge on any atom is 0.165 e. The van der Waals surface area contributed by atoms with Gasteiger partial charge in [0.25, 0.3) is 0 Å². The predicted molar refractivity (Wildman–Crippen MR) is 69.6 cm³/mol. The standard InChI is InChI=1S/C15H14F2O3/c1-19-14-6-5-10(7-13(14)17)9-20-15-11(8-18)3-2-4-12(15)16/h2-7,18H,8-9H2,1H3. The molecule has 0 aliphatic carbocycles. The molecule has 0 aromatic heterocycles. The van der Waals surface area contributed by atoms with E-state index in [0.717, 1.165) is 0 Å². The van der Waals surface area contributed by atoms with Crippen molar-refractivity contribution in [3.63, 3.8) is 0 Å². The molecule has 0 aliphatic rings. The molecule has 0 unspecified atom stereocenters. The van der Waals surface area contributed by atoms with Crippen LogP contribution in [0.25, 0.3) is 0 Å². The number of aliphatic hydroxyl groups is 1. The Kier molecular flexibility index (Phi) is 4.53. The van der Waals surface area contributed by atoms with E-state index in [-0.39, 0.29) is 24.7 Å². The maximum absolute atomic E-state index is 13.6. The van der Waals surface area contributed by atoms with Gasteiger partial charge < -0.3 is 14.6 Å². The van der Waals surface area contributed by atoms with Crippen LogP contribution >= 0.6 is 0 Å². The Hall–Kier alpha value is -2.14. The number of methoxy groups -OCH3 is 1. The van der Waals surface area contributed by atoms with E-state index in [2.05, 4.69) is 0 Å². The van der Waals surface area contributed by atoms with Crippen LogP contribution in [-0.2, 0) is 13.2 Å². The zero-order chi connectivity index (χ0) is 14.5. The van der Waals surface area contributed by atoms with Gasteiger partial charge >= 0.3 is 0 Å². The van der Waals surface area contributed by atoms with Gasteiger partial charge in [0, 0.05) is 5.56 Å². The minimum Gasteiger partial charge on any atom is -0.494 e. The van der Waals surface area contributed by atoms with Gasteiger partial charge in [-0.25, -0.2) is 8.78 Å². The highest BCUT2D eigenvalue weighted by Crippen LogP contribution is 2.24. The summed E-state index contributed by atoms with van der Waals surface area (Å²) in [4.78, 5) is 0. The van der Waals surface area contributed by atoms with Crippen LogP contribution in [-0.4, -0.2) is 12.2 Å². The van der Waals surface area contributed by atoms with Crippen molar-refractivity contribution in [3.8, 4) is 11.5 Å². The fourth-order valence-corrected chi connectivity index (χ4v) is 1.79. The summed E-state index contributed by atoms with van der Waals surface area (Å²) in [5, 5.41) is 9.13. The molecule has 0 fully saturated rings. The molecular formula is C15H14F2O3. The Labute approximate surface area is 115 Å². The average molecular weight is 280 g/mol. The first-order valence-corrected chi connectivity index (χ1v) is 5.99. The third-order valence-electron chi connectivity index (χ3n) is 2.82. The van der Waals surface area contributed by atoms with Crippen LogP contribution in [0.1, 0.15) is 11.1 Å². The van der Waals surface area contributed by atoms with Gasteiger partial charge in [0.1, 0.15) is 6.61 Å². The highest BCUT2D eigenvalue weighted by molar-refractivity contribution is 5.35. The molecule has 3 nitrogen and oxygen atoms in total. The smallest absolute Gasteiger partial charge is 0.165 e. The predicted octanol–water partition coefficient (Wildman–Crippen LogP) is 3.04. The van der Waals surface area contributed by atoms with Crippen LogP contribution < -0.4 is 9.47 Å². The summed E-state index contributed by atoms with van der Waals surface area (Å²) >= 11 is 0. The van der Waals surface area contributed by atoms with Gasteiger partial charge in [0.15, 0.2) is 23.1 Å². The van der Waals surface area contributed by atoms with Gasteiger partial charge in [-0.3, -0.25) is 0 Å². The van der Waals surface area contributed by atoms with Gasteiger partial charge in [0.05, 0.1) is 13.7 Å². The number of benzene rings is 2. The summed E-state index contributed by atoms with van der Waals surface area (Å²) in [5.74, 6) is -0.961. The van der Waals surface area contributed by atoms with E-state index in [1.807, 2.05) is 0 Å². The number of hydrogen-bond donors (Lipinski definition) is 1. The summed E-state index contributed by atoms with van der Waals surface area (Å²) in [6, 6.07) is 8.65. The zero-order valence-corrected chi connectivity index (χ0v) is 10.9. The van der Waals surface area contributed by atoms with Crippen molar-refractivity contribution in [3.05, 3.63) is 59.2 Å². The van der Waals surface area contributed by atoms with Crippen molar-refractivity contribution in [2.45, 2.75) is 13.2 Å². The molecule has 0 atom stereocenters. The van der Waals surface area contributed by atoms with E-state index in [9.17, 15) is 8.78 Å². The Morgan fingerprint density at radius 2 is 1.90 bits per heavy atom. The van der Waals surface area contributed by atoms with E-state index < -0.39 is 11.6 Å². The van der Waals surface area contributed by atoms with Crippen LogP contribution in [0.3, 0.4) is 0 Å². The van der Waals surface area contributed by atoms with Crippen molar-refractivity contribution in [1.82, 2.24) is 0 Å². The normalized spacial score (nSPS) is 10.4. The van der Waals surface area contributed by atoms with Crippen LogP contribution in [0.15, 0.2) is 36.4 Å². The van der Waals surface area contributed by atoms with Gasteiger partial charge in [-0.15, -0.1) is 0 Å². The van der Waals surface area contributed by atoms with Crippen molar-refractivity contribution >= 4 is 0 Å². The van der Waals surface area contributed by atoms with E-state index in [1.54, 1.807) is 12.1 Å². The largest absolute Gasteiger partial charge is 0.494 e. The van der Waals surface area contributed by atoms with Gasteiger partial charge in [-0.2, -0.15) is 0 Å². The second-order valence-electron chi connectivity index (χ2n) is 4.14. The molecule has 5 heteroatoms. The first kappa shape index (κ1) is 14.3. The molecule has 0 spiro atoms. The van der Waals surface area contributed by atoms with Gasteiger partial charge in [-0.1, -0.05) is 18.2 Å². The lowest BCUT2D eigenvalue weighted by Gasteiger charge is -2.11. The SMILES string of the molecule is COc1ccc(COc2c(F)cccc2CO)cc1F. The molecule has 0 aliphatic heterocycles.